The van der Waals surface area contributed by atoms with Gasteiger partial charge in [0.1, 0.15) is 5.82 Å². The minimum Gasteiger partial charge on any atom is -0.396 e. The van der Waals surface area contributed by atoms with E-state index in [1.54, 1.807) is 11.8 Å². The van der Waals surface area contributed by atoms with Crippen LogP contribution in [0.5, 0.6) is 0 Å². The molecule has 0 saturated carbocycles. The first-order valence-corrected chi connectivity index (χ1v) is 5.94. The number of aromatic nitrogens is 3. The number of hydrogen-bond donors (Lipinski definition) is 2. The molecule has 0 atom stereocenters. The van der Waals surface area contributed by atoms with Crippen LogP contribution in [0.2, 0.25) is 0 Å². The number of hydrogen-bond acceptors (Lipinski definition) is 4. The Bertz CT molecular complexity index is 252. The zero-order valence-electron chi connectivity index (χ0n) is 8.49. The van der Waals surface area contributed by atoms with Gasteiger partial charge in [-0.1, -0.05) is 24.6 Å². The maximum atomic E-state index is 8.57. The van der Waals surface area contributed by atoms with Crippen LogP contribution in [-0.4, -0.2) is 32.6 Å². The summed E-state index contributed by atoms with van der Waals surface area (Å²) in [7, 11) is 0. The normalized spacial score (nSPS) is 10.7. The lowest BCUT2D eigenvalue weighted by Crippen LogP contribution is -1.86. The highest BCUT2D eigenvalue weighted by atomic mass is 32.2. The first kappa shape index (κ1) is 11.5. The Morgan fingerprint density at radius 1 is 1.29 bits per heavy atom. The summed E-state index contributed by atoms with van der Waals surface area (Å²) in [5.41, 5.74) is 0. The second-order valence-corrected chi connectivity index (χ2v) is 4.25. The predicted octanol–water partition coefficient (Wildman–Crippen LogP) is 1.76. The molecular formula is C9H17N3OS. The van der Waals surface area contributed by atoms with Crippen LogP contribution in [0.4, 0.5) is 0 Å². The number of nitrogens with zero attached hydrogens (tertiary/aromatic N) is 2. The fourth-order valence-corrected chi connectivity index (χ4v) is 1.96. The van der Waals surface area contributed by atoms with Crippen molar-refractivity contribution in [2.75, 3.05) is 12.4 Å². The van der Waals surface area contributed by atoms with Crippen LogP contribution in [-0.2, 0) is 0 Å². The number of nitrogens with one attached hydrogen (secondary N) is 1. The molecule has 0 unspecified atom stereocenters. The number of H-pyrrole nitrogens is 1. The van der Waals surface area contributed by atoms with E-state index in [-0.39, 0.29) is 0 Å². The summed E-state index contributed by atoms with van der Waals surface area (Å²) in [4.78, 5) is 4.20. The molecule has 1 aromatic rings. The molecule has 1 aromatic heterocycles. The van der Waals surface area contributed by atoms with Gasteiger partial charge in [-0.05, 0) is 19.8 Å². The van der Waals surface area contributed by atoms with E-state index in [0.717, 1.165) is 36.0 Å². The van der Waals surface area contributed by atoms with Gasteiger partial charge in [-0.2, -0.15) is 0 Å². The molecule has 0 spiro atoms. The van der Waals surface area contributed by atoms with Crippen LogP contribution < -0.4 is 0 Å². The third-order valence-electron chi connectivity index (χ3n) is 1.86. The van der Waals surface area contributed by atoms with Crippen molar-refractivity contribution < 1.29 is 5.11 Å². The number of aromatic amines is 1. The van der Waals surface area contributed by atoms with Gasteiger partial charge in [0.2, 0.25) is 5.16 Å². The van der Waals surface area contributed by atoms with Crippen molar-refractivity contribution in [3.63, 3.8) is 0 Å². The number of rotatable bonds is 7. The standard InChI is InChI=1S/C9H17N3OS/c1-8-10-9(12-11-8)14-7-5-3-2-4-6-13/h13H,2-7H2,1H3,(H,10,11,12). The second-order valence-electron chi connectivity index (χ2n) is 3.19. The van der Waals surface area contributed by atoms with Crippen molar-refractivity contribution in [3.8, 4) is 0 Å². The number of aliphatic hydroxyl groups excluding tert-OH is 1. The molecule has 0 radical (unpaired) electrons. The quantitative estimate of drug-likeness (QED) is 0.537. The molecule has 0 aromatic carbocycles. The summed E-state index contributed by atoms with van der Waals surface area (Å²) in [6.45, 7) is 2.21. The molecule has 14 heavy (non-hydrogen) atoms. The maximum absolute atomic E-state index is 8.57. The third kappa shape index (κ3) is 4.62. The monoisotopic (exact) mass is 215 g/mol. The van der Waals surface area contributed by atoms with Gasteiger partial charge in [0, 0.05) is 12.4 Å². The molecule has 1 rings (SSSR count). The van der Waals surface area contributed by atoms with Crippen LogP contribution in [0.25, 0.3) is 0 Å². The van der Waals surface area contributed by atoms with Crippen LogP contribution in [0, 0.1) is 6.92 Å². The van der Waals surface area contributed by atoms with E-state index in [1.165, 1.54) is 6.42 Å². The lowest BCUT2D eigenvalue weighted by Gasteiger charge is -1.97. The maximum Gasteiger partial charge on any atom is 0.208 e. The minimum atomic E-state index is 0.313. The fraction of sp³-hybridized carbons (Fsp3) is 0.778. The minimum absolute atomic E-state index is 0.313. The number of unbranched alkanes of at least 4 members (excludes halogenated alkanes) is 3. The molecule has 0 aliphatic carbocycles. The zero-order chi connectivity index (χ0) is 10.2. The first-order chi connectivity index (χ1) is 6.83. The molecular weight excluding hydrogens is 198 g/mol. The summed E-state index contributed by atoms with van der Waals surface area (Å²) in [5.74, 6) is 1.93. The van der Waals surface area contributed by atoms with Crippen LogP contribution in [0.1, 0.15) is 31.5 Å². The Kier molecular flexibility index (Phi) is 5.63. The van der Waals surface area contributed by atoms with Crippen LogP contribution >= 0.6 is 11.8 Å². The van der Waals surface area contributed by atoms with E-state index in [0.29, 0.717) is 6.61 Å². The highest BCUT2D eigenvalue weighted by Crippen LogP contribution is 2.14. The molecule has 80 valence electrons. The van der Waals surface area contributed by atoms with E-state index < -0.39 is 0 Å². The predicted molar refractivity (Wildman–Crippen MR) is 57.4 cm³/mol. The van der Waals surface area contributed by atoms with Crippen molar-refractivity contribution in [2.24, 2.45) is 0 Å². The Morgan fingerprint density at radius 2 is 2.07 bits per heavy atom. The average Bonchev–Trinajstić information content (AvgIpc) is 2.58. The summed E-state index contributed by atoms with van der Waals surface area (Å²) in [6, 6.07) is 0. The van der Waals surface area contributed by atoms with Gasteiger partial charge in [-0.3, -0.25) is 5.10 Å². The number of thioether (sulfide) groups is 1. The van der Waals surface area contributed by atoms with Crippen LogP contribution in [0.15, 0.2) is 5.16 Å². The Balaban J connectivity index is 1.99. The average molecular weight is 215 g/mol. The van der Waals surface area contributed by atoms with Gasteiger partial charge in [0.25, 0.3) is 0 Å². The first-order valence-electron chi connectivity index (χ1n) is 4.95. The molecule has 0 fully saturated rings. The number of aryl methyl sites for hydroxylation is 1. The van der Waals surface area contributed by atoms with Gasteiger partial charge >= 0.3 is 0 Å². The van der Waals surface area contributed by atoms with Gasteiger partial charge in [0.05, 0.1) is 0 Å². The summed E-state index contributed by atoms with van der Waals surface area (Å²) >= 11 is 1.68. The molecule has 2 N–H and O–H groups in total. The van der Waals surface area contributed by atoms with E-state index >= 15 is 0 Å². The van der Waals surface area contributed by atoms with Crippen molar-refractivity contribution in [1.82, 2.24) is 15.2 Å². The molecule has 0 bridgehead atoms. The van der Waals surface area contributed by atoms with E-state index in [4.69, 9.17) is 5.11 Å². The topological polar surface area (TPSA) is 61.8 Å². The van der Waals surface area contributed by atoms with Crippen molar-refractivity contribution in [2.45, 2.75) is 37.8 Å². The summed E-state index contributed by atoms with van der Waals surface area (Å²) in [5, 5.41) is 16.3. The van der Waals surface area contributed by atoms with Gasteiger partial charge in [0.15, 0.2) is 0 Å². The SMILES string of the molecule is Cc1nc(SCCCCCCO)n[nH]1. The van der Waals surface area contributed by atoms with E-state index in [1.807, 2.05) is 6.92 Å². The smallest absolute Gasteiger partial charge is 0.208 e. The third-order valence-corrected chi connectivity index (χ3v) is 2.79. The fourth-order valence-electron chi connectivity index (χ4n) is 1.12. The summed E-state index contributed by atoms with van der Waals surface area (Å²) in [6.07, 6.45) is 4.38. The zero-order valence-corrected chi connectivity index (χ0v) is 9.31. The highest BCUT2D eigenvalue weighted by Gasteiger charge is 1.99. The van der Waals surface area contributed by atoms with E-state index in [9.17, 15) is 0 Å². The van der Waals surface area contributed by atoms with Crippen molar-refractivity contribution in [1.29, 1.82) is 0 Å². The Morgan fingerprint density at radius 3 is 2.71 bits per heavy atom. The van der Waals surface area contributed by atoms with Gasteiger partial charge in [-0.25, -0.2) is 4.98 Å². The largest absolute Gasteiger partial charge is 0.396 e. The van der Waals surface area contributed by atoms with Gasteiger partial charge in [-0.15, -0.1) is 5.10 Å². The summed E-state index contributed by atoms with van der Waals surface area (Å²) < 4.78 is 0. The lowest BCUT2D eigenvalue weighted by atomic mass is 10.2. The highest BCUT2D eigenvalue weighted by molar-refractivity contribution is 7.99. The molecule has 0 aliphatic rings. The van der Waals surface area contributed by atoms with Crippen molar-refractivity contribution >= 4 is 11.8 Å². The molecule has 0 amide bonds. The molecule has 0 aliphatic heterocycles. The number of aliphatic hydroxyl groups is 1. The lowest BCUT2D eigenvalue weighted by molar-refractivity contribution is 0.283. The molecule has 0 saturated heterocycles. The van der Waals surface area contributed by atoms with Crippen LogP contribution in [0.3, 0.4) is 0 Å². The van der Waals surface area contributed by atoms with E-state index in [2.05, 4.69) is 15.2 Å². The van der Waals surface area contributed by atoms with Crippen molar-refractivity contribution in [3.05, 3.63) is 5.82 Å². The molecule has 4 nitrogen and oxygen atoms in total. The molecule has 5 heteroatoms. The Hall–Kier alpha value is -0.550. The second kappa shape index (κ2) is 6.84. The Labute approximate surface area is 88.5 Å². The van der Waals surface area contributed by atoms with Gasteiger partial charge < -0.3 is 5.11 Å². The molecule has 1 heterocycles.